The number of hydrogen-bond donors (Lipinski definition) is 1. The van der Waals surface area contributed by atoms with Crippen molar-refractivity contribution in [3.8, 4) is 5.88 Å². The predicted octanol–water partition coefficient (Wildman–Crippen LogP) is 2.37. The van der Waals surface area contributed by atoms with Crippen molar-refractivity contribution in [1.29, 1.82) is 0 Å². The number of aromatic nitrogens is 2. The van der Waals surface area contributed by atoms with E-state index in [1.165, 1.54) is 6.33 Å². The number of methoxy groups -OCH3 is 1. The van der Waals surface area contributed by atoms with Crippen molar-refractivity contribution >= 4 is 17.3 Å². The highest BCUT2D eigenvalue weighted by atomic mass is 35.5. The number of halogens is 1. The molecule has 0 radical (unpaired) electrons. The first-order valence-corrected chi connectivity index (χ1v) is 5.95. The van der Waals surface area contributed by atoms with Gasteiger partial charge in [-0.25, -0.2) is 4.98 Å². The molecule has 17 heavy (non-hydrogen) atoms. The van der Waals surface area contributed by atoms with Crippen LogP contribution in [0.4, 0.5) is 5.69 Å². The van der Waals surface area contributed by atoms with Gasteiger partial charge in [-0.1, -0.05) is 11.6 Å². The average molecular weight is 260 g/mol. The van der Waals surface area contributed by atoms with Crippen LogP contribution >= 0.6 is 11.6 Å². The Balaban J connectivity index is 2.60. The highest BCUT2D eigenvalue weighted by Crippen LogP contribution is 2.28. The summed E-state index contributed by atoms with van der Waals surface area (Å²) in [5.41, 5.74) is 0.626. The van der Waals surface area contributed by atoms with Crippen LogP contribution in [-0.4, -0.2) is 36.3 Å². The highest BCUT2D eigenvalue weighted by Gasteiger charge is 2.12. The molecule has 6 heteroatoms. The number of nitrogens with one attached hydrogen (secondary N) is 1. The molecule has 0 fully saturated rings. The smallest absolute Gasteiger partial charge is 0.241 e. The van der Waals surface area contributed by atoms with Gasteiger partial charge in [0.15, 0.2) is 5.15 Å². The van der Waals surface area contributed by atoms with Crippen LogP contribution in [-0.2, 0) is 4.74 Å². The largest absolute Gasteiger partial charge is 0.479 e. The molecular formula is C11H18ClN3O2. The van der Waals surface area contributed by atoms with Crippen molar-refractivity contribution in [1.82, 2.24) is 9.97 Å². The minimum atomic E-state index is 0.207. The average Bonchev–Trinajstić information content (AvgIpc) is 2.32. The highest BCUT2D eigenvalue weighted by molar-refractivity contribution is 6.32. The Kier molecular flexibility index (Phi) is 6.00. The second-order valence-electron chi connectivity index (χ2n) is 3.58. The predicted molar refractivity (Wildman–Crippen MR) is 67.8 cm³/mol. The van der Waals surface area contributed by atoms with Crippen molar-refractivity contribution in [3.63, 3.8) is 0 Å². The number of hydrogen-bond acceptors (Lipinski definition) is 5. The van der Waals surface area contributed by atoms with Crippen LogP contribution in [0.15, 0.2) is 6.33 Å². The fourth-order valence-corrected chi connectivity index (χ4v) is 1.53. The van der Waals surface area contributed by atoms with E-state index < -0.39 is 0 Å². The first-order chi connectivity index (χ1) is 8.19. The lowest BCUT2D eigenvalue weighted by Gasteiger charge is -2.17. The summed E-state index contributed by atoms with van der Waals surface area (Å²) in [4.78, 5) is 7.91. The maximum atomic E-state index is 5.99. The van der Waals surface area contributed by atoms with E-state index >= 15 is 0 Å². The van der Waals surface area contributed by atoms with Gasteiger partial charge >= 0.3 is 0 Å². The molecule has 0 bridgehead atoms. The van der Waals surface area contributed by atoms with Gasteiger partial charge in [-0.2, -0.15) is 4.98 Å². The van der Waals surface area contributed by atoms with Crippen LogP contribution in [0.2, 0.25) is 5.15 Å². The van der Waals surface area contributed by atoms with Gasteiger partial charge in [0.1, 0.15) is 12.0 Å². The van der Waals surface area contributed by atoms with E-state index in [1.54, 1.807) is 7.11 Å². The summed E-state index contributed by atoms with van der Waals surface area (Å²) >= 11 is 5.99. The minimum absolute atomic E-state index is 0.207. The second-order valence-corrected chi connectivity index (χ2v) is 3.94. The summed E-state index contributed by atoms with van der Waals surface area (Å²) in [6.45, 7) is 5.45. The van der Waals surface area contributed by atoms with Crippen LogP contribution in [0, 0.1) is 0 Å². The third-order valence-electron chi connectivity index (χ3n) is 2.25. The summed E-state index contributed by atoms with van der Waals surface area (Å²) in [7, 11) is 1.55. The lowest BCUT2D eigenvalue weighted by Crippen LogP contribution is -2.18. The van der Waals surface area contributed by atoms with Gasteiger partial charge in [0.05, 0.1) is 7.11 Å². The summed E-state index contributed by atoms with van der Waals surface area (Å²) < 4.78 is 10.4. The molecule has 1 heterocycles. The first-order valence-electron chi connectivity index (χ1n) is 5.57. The van der Waals surface area contributed by atoms with Crippen molar-refractivity contribution < 1.29 is 9.47 Å². The third-order valence-corrected chi connectivity index (χ3v) is 2.54. The summed E-state index contributed by atoms with van der Waals surface area (Å²) in [6.07, 6.45) is 2.25. The van der Waals surface area contributed by atoms with Crippen LogP contribution in [0.25, 0.3) is 0 Å². The van der Waals surface area contributed by atoms with E-state index in [0.29, 0.717) is 23.3 Å². The Labute approximate surface area is 107 Å². The molecule has 96 valence electrons. The van der Waals surface area contributed by atoms with Crippen LogP contribution in [0.1, 0.15) is 20.3 Å². The van der Waals surface area contributed by atoms with Gasteiger partial charge in [0.25, 0.3) is 0 Å². The molecule has 0 spiro atoms. The van der Waals surface area contributed by atoms with E-state index in [-0.39, 0.29) is 6.04 Å². The molecule has 0 aliphatic rings. The van der Waals surface area contributed by atoms with Crippen molar-refractivity contribution in [2.75, 3.05) is 25.6 Å². The van der Waals surface area contributed by atoms with Gasteiger partial charge in [-0.05, 0) is 20.3 Å². The van der Waals surface area contributed by atoms with E-state index in [0.717, 1.165) is 13.0 Å². The van der Waals surface area contributed by atoms with E-state index in [4.69, 9.17) is 21.1 Å². The van der Waals surface area contributed by atoms with Crippen molar-refractivity contribution in [2.24, 2.45) is 0 Å². The van der Waals surface area contributed by atoms with Gasteiger partial charge in [0.2, 0.25) is 5.88 Å². The van der Waals surface area contributed by atoms with Gasteiger partial charge in [0, 0.05) is 19.3 Å². The molecule has 1 rings (SSSR count). The van der Waals surface area contributed by atoms with Gasteiger partial charge < -0.3 is 14.8 Å². The van der Waals surface area contributed by atoms with Gasteiger partial charge in [-0.15, -0.1) is 0 Å². The summed E-state index contributed by atoms with van der Waals surface area (Å²) in [6, 6.07) is 0.207. The Morgan fingerprint density at radius 1 is 1.47 bits per heavy atom. The summed E-state index contributed by atoms with van der Waals surface area (Å²) in [5.74, 6) is 0.452. The SMILES string of the molecule is CCOCCC(C)Nc1c(Cl)ncnc1OC. The maximum absolute atomic E-state index is 5.99. The fraction of sp³-hybridized carbons (Fsp3) is 0.636. The number of ether oxygens (including phenoxy) is 2. The lowest BCUT2D eigenvalue weighted by atomic mass is 10.2. The number of nitrogens with zero attached hydrogens (tertiary/aromatic N) is 2. The number of anilines is 1. The number of rotatable bonds is 7. The molecule has 1 aromatic rings. The normalized spacial score (nSPS) is 12.2. The minimum Gasteiger partial charge on any atom is -0.479 e. The van der Waals surface area contributed by atoms with E-state index in [2.05, 4.69) is 15.3 Å². The zero-order valence-electron chi connectivity index (χ0n) is 10.4. The van der Waals surface area contributed by atoms with Crippen LogP contribution in [0.3, 0.4) is 0 Å². The molecule has 0 amide bonds. The maximum Gasteiger partial charge on any atom is 0.241 e. The van der Waals surface area contributed by atoms with Crippen molar-refractivity contribution in [3.05, 3.63) is 11.5 Å². The van der Waals surface area contributed by atoms with Gasteiger partial charge in [-0.3, -0.25) is 0 Å². The Morgan fingerprint density at radius 2 is 2.24 bits per heavy atom. The Morgan fingerprint density at radius 3 is 2.88 bits per heavy atom. The molecule has 5 nitrogen and oxygen atoms in total. The quantitative estimate of drug-likeness (QED) is 0.602. The van der Waals surface area contributed by atoms with Crippen molar-refractivity contribution in [2.45, 2.75) is 26.3 Å². The molecule has 0 aromatic carbocycles. The molecule has 1 unspecified atom stereocenters. The molecular weight excluding hydrogens is 242 g/mol. The molecule has 0 aliphatic heterocycles. The third kappa shape index (κ3) is 4.36. The second kappa shape index (κ2) is 7.29. The molecule has 0 saturated heterocycles. The molecule has 1 atom stereocenters. The zero-order chi connectivity index (χ0) is 12.7. The zero-order valence-corrected chi connectivity index (χ0v) is 11.1. The monoisotopic (exact) mass is 259 g/mol. The van der Waals surface area contributed by atoms with Crippen LogP contribution in [0.5, 0.6) is 5.88 Å². The molecule has 0 saturated carbocycles. The van der Waals surface area contributed by atoms with E-state index in [1.807, 2.05) is 13.8 Å². The molecule has 1 aromatic heterocycles. The molecule has 0 aliphatic carbocycles. The van der Waals surface area contributed by atoms with E-state index in [9.17, 15) is 0 Å². The standard InChI is InChI=1S/C11H18ClN3O2/c1-4-17-6-5-8(2)15-9-10(12)13-7-14-11(9)16-3/h7-8,15H,4-6H2,1-3H3. The summed E-state index contributed by atoms with van der Waals surface area (Å²) in [5, 5.41) is 3.59. The first kappa shape index (κ1) is 14.0. The lowest BCUT2D eigenvalue weighted by molar-refractivity contribution is 0.142. The van der Waals surface area contributed by atoms with Crippen LogP contribution < -0.4 is 10.1 Å². The Hall–Kier alpha value is -1.07. The topological polar surface area (TPSA) is 56.3 Å². The Bertz CT molecular complexity index is 349. The molecule has 1 N–H and O–H groups in total. The fourth-order valence-electron chi connectivity index (χ4n) is 1.35.